The number of nitriles is 1. The van der Waals surface area contributed by atoms with E-state index in [-0.39, 0.29) is 12.6 Å². The highest BCUT2D eigenvalue weighted by Crippen LogP contribution is 2.17. The molecule has 0 bridgehead atoms. The maximum atomic E-state index is 9.00. The quantitative estimate of drug-likeness (QED) is 0.677. The van der Waals surface area contributed by atoms with Gasteiger partial charge in [0.15, 0.2) is 0 Å². The molecule has 0 aromatic heterocycles. The van der Waals surface area contributed by atoms with Crippen molar-refractivity contribution >= 4 is 0 Å². The molecule has 1 aliphatic rings. The summed E-state index contributed by atoms with van der Waals surface area (Å²) in [6, 6.07) is 8.02. The van der Waals surface area contributed by atoms with Gasteiger partial charge in [0.1, 0.15) is 0 Å². The van der Waals surface area contributed by atoms with Crippen LogP contribution in [0.3, 0.4) is 0 Å². The van der Waals surface area contributed by atoms with Crippen molar-refractivity contribution in [1.29, 1.82) is 5.26 Å². The Kier molecular flexibility index (Phi) is 2.49. The lowest BCUT2D eigenvalue weighted by molar-refractivity contribution is 0.236. The molecular weight excluding hydrogens is 176 g/mol. The molecule has 0 spiro atoms. The van der Waals surface area contributed by atoms with Crippen molar-refractivity contribution in [3.05, 3.63) is 34.9 Å². The molecule has 0 aliphatic carbocycles. The van der Waals surface area contributed by atoms with Crippen molar-refractivity contribution in [1.82, 2.24) is 5.32 Å². The predicted molar refractivity (Wildman–Crippen MR) is 52.6 cm³/mol. The third-order valence-corrected chi connectivity index (χ3v) is 2.60. The number of fused-ring (bicyclic) bond motifs is 1. The SMILES string of the molecule is N#Cc1ccc2c(c1)CNC(CO)C2. The average molecular weight is 188 g/mol. The Morgan fingerprint density at radius 1 is 1.50 bits per heavy atom. The molecule has 1 heterocycles. The highest BCUT2D eigenvalue weighted by molar-refractivity contribution is 5.39. The molecule has 14 heavy (non-hydrogen) atoms. The van der Waals surface area contributed by atoms with Crippen LogP contribution in [0.5, 0.6) is 0 Å². The van der Waals surface area contributed by atoms with Gasteiger partial charge in [-0.25, -0.2) is 0 Å². The minimum Gasteiger partial charge on any atom is -0.395 e. The number of hydrogen-bond donors (Lipinski definition) is 2. The number of nitrogens with zero attached hydrogens (tertiary/aromatic N) is 1. The van der Waals surface area contributed by atoms with Gasteiger partial charge in [-0.05, 0) is 29.7 Å². The highest BCUT2D eigenvalue weighted by atomic mass is 16.3. The van der Waals surface area contributed by atoms with Gasteiger partial charge in [-0.15, -0.1) is 0 Å². The fourth-order valence-electron chi connectivity index (χ4n) is 1.78. The van der Waals surface area contributed by atoms with Crippen molar-refractivity contribution in [2.45, 2.75) is 19.0 Å². The Labute approximate surface area is 83.0 Å². The molecule has 0 saturated heterocycles. The largest absolute Gasteiger partial charge is 0.395 e. The lowest BCUT2D eigenvalue weighted by atomic mass is 9.95. The first-order valence-electron chi connectivity index (χ1n) is 4.69. The summed E-state index contributed by atoms with van der Waals surface area (Å²) in [6.45, 7) is 0.912. The van der Waals surface area contributed by atoms with Gasteiger partial charge in [-0.1, -0.05) is 6.07 Å². The number of hydrogen-bond acceptors (Lipinski definition) is 3. The summed E-state index contributed by atoms with van der Waals surface area (Å²) in [6.07, 6.45) is 0.845. The van der Waals surface area contributed by atoms with E-state index in [4.69, 9.17) is 10.4 Å². The third-order valence-electron chi connectivity index (χ3n) is 2.60. The molecule has 1 unspecified atom stereocenters. The maximum Gasteiger partial charge on any atom is 0.0991 e. The van der Waals surface area contributed by atoms with Crippen molar-refractivity contribution in [2.24, 2.45) is 0 Å². The zero-order chi connectivity index (χ0) is 9.97. The van der Waals surface area contributed by atoms with Crippen LogP contribution >= 0.6 is 0 Å². The maximum absolute atomic E-state index is 9.00. The van der Waals surface area contributed by atoms with Crippen molar-refractivity contribution in [2.75, 3.05) is 6.61 Å². The van der Waals surface area contributed by atoms with Crippen molar-refractivity contribution in [3.63, 3.8) is 0 Å². The topological polar surface area (TPSA) is 56.0 Å². The second kappa shape index (κ2) is 3.79. The Morgan fingerprint density at radius 2 is 2.36 bits per heavy atom. The summed E-state index contributed by atoms with van der Waals surface area (Å²) < 4.78 is 0. The molecule has 2 N–H and O–H groups in total. The molecule has 3 heteroatoms. The summed E-state index contributed by atoms with van der Waals surface area (Å²) in [5.74, 6) is 0. The lowest BCUT2D eigenvalue weighted by Gasteiger charge is -2.24. The van der Waals surface area contributed by atoms with E-state index in [2.05, 4.69) is 11.4 Å². The molecule has 2 rings (SSSR count). The van der Waals surface area contributed by atoms with Crippen LogP contribution in [0.15, 0.2) is 18.2 Å². The van der Waals surface area contributed by atoms with Gasteiger partial charge in [0.25, 0.3) is 0 Å². The van der Waals surface area contributed by atoms with Crippen LogP contribution in [0.2, 0.25) is 0 Å². The normalized spacial score (nSPS) is 19.9. The van der Waals surface area contributed by atoms with Crippen LogP contribution in [0.1, 0.15) is 16.7 Å². The Balaban J connectivity index is 2.29. The zero-order valence-corrected chi connectivity index (χ0v) is 7.83. The monoisotopic (exact) mass is 188 g/mol. The van der Waals surface area contributed by atoms with Crippen LogP contribution in [-0.4, -0.2) is 17.8 Å². The number of nitrogens with one attached hydrogen (secondary N) is 1. The van der Waals surface area contributed by atoms with Gasteiger partial charge in [0.2, 0.25) is 0 Å². The molecule has 1 aliphatic heterocycles. The molecular formula is C11H12N2O. The van der Waals surface area contributed by atoms with Crippen molar-refractivity contribution < 1.29 is 5.11 Å². The first-order chi connectivity index (χ1) is 6.83. The standard InChI is InChI=1S/C11H12N2O/c12-5-8-1-2-9-4-11(7-14)13-6-10(9)3-8/h1-3,11,13-14H,4,6-7H2. The van der Waals surface area contributed by atoms with Crippen LogP contribution in [0.4, 0.5) is 0 Å². The van der Waals surface area contributed by atoms with Crippen LogP contribution < -0.4 is 5.32 Å². The Bertz CT molecular complexity index is 381. The Hall–Kier alpha value is -1.37. The van der Waals surface area contributed by atoms with Gasteiger partial charge >= 0.3 is 0 Å². The molecule has 0 amide bonds. The van der Waals surface area contributed by atoms with Crippen molar-refractivity contribution in [3.8, 4) is 6.07 Å². The van der Waals surface area contributed by atoms with Gasteiger partial charge in [-0.3, -0.25) is 0 Å². The first-order valence-corrected chi connectivity index (χ1v) is 4.69. The number of rotatable bonds is 1. The van der Waals surface area contributed by atoms with Gasteiger partial charge in [-0.2, -0.15) is 5.26 Å². The number of aliphatic hydroxyl groups is 1. The zero-order valence-electron chi connectivity index (χ0n) is 7.83. The van der Waals surface area contributed by atoms with Gasteiger partial charge < -0.3 is 10.4 Å². The molecule has 1 aromatic rings. The minimum absolute atomic E-state index is 0.162. The summed E-state index contributed by atoms with van der Waals surface area (Å²) in [7, 11) is 0. The number of benzene rings is 1. The fourth-order valence-corrected chi connectivity index (χ4v) is 1.78. The van der Waals surface area contributed by atoms with Crippen LogP contribution in [-0.2, 0) is 13.0 Å². The second-order valence-corrected chi connectivity index (χ2v) is 3.56. The van der Waals surface area contributed by atoms with Crippen LogP contribution in [0, 0.1) is 11.3 Å². The second-order valence-electron chi connectivity index (χ2n) is 3.56. The first kappa shape index (κ1) is 9.20. The van der Waals surface area contributed by atoms with E-state index in [0.29, 0.717) is 5.56 Å². The van der Waals surface area contributed by atoms with Crippen LogP contribution in [0.25, 0.3) is 0 Å². The summed E-state index contributed by atoms with van der Waals surface area (Å²) in [5, 5.41) is 20.9. The molecule has 0 fully saturated rings. The van der Waals surface area contributed by atoms with E-state index in [1.54, 1.807) is 0 Å². The lowest BCUT2D eigenvalue weighted by Crippen LogP contribution is -2.38. The van der Waals surface area contributed by atoms with E-state index in [1.165, 1.54) is 11.1 Å². The van der Waals surface area contributed by atoms with Gasteiger partial charge in [0.05, 0.1) is 18.2 Å². The van der Waals surface area contributed by atoms with E-state index >= 15 is 0 Å². The Morgan fingerprint density at radius 3 is 3.07 bits per heavy atom. The smallest absolute Gasteiger partial charge is 0.0991 e. The highest BCUT2D eigenvalue weighted by Gasteiger charge is 2.16. The molecule has 1 atom stereocenters. The van der Waals surface area contributed by atoms with E-state index < -0.39 is 0 Å². The summed E-state index contributed by atoms with van der Waals surface area (Å²) >= 11 is 0. The third kappa shape index (κ3) is 1.63. The fraction of sp³-hybridized carbons (Fsp3) is 0.364. The molecule has 3 nitrogen and oxygen atoms in total. The number of aliphatic hydroxyl groups excluding tert-OH is 1. The molecule has 0 radical (unpaired) electrons. The van der Waals surface area contributed by atoms with E-state index in [9.17, 15) is 0 Å². The molecule has 1 aromatic carbocycles. The molecule has 0 saturated carbocycles. The minimum atomic E-state index is 0.162. The van der Waals surface area contributed by atoms with E-state index in [0.717, 1.165) is 13.0 Å². The summed E-state index contributed by atoms with van der Waals surface area (Å²) in [5.41, 5.74) is 3.11. The molecule has 72 valence electrons. The summed E-state index contributed by atoms with van der Waals surface area (Å²) in [4.78, 5) is 0. The average Bonchev–Trinajstić information content (AvgIpc) is 2.27. The predicted octanol–water partition coefficient (Wildman–Crippen LogP) is 0.565. The van der Waals surface area contributed by atoms with Gasteiger partial charge in [0, 0.05) is 12.6 Å². The van der Waals surface area contributed by atoms with E-state index in [1.807, 2.05) is 18.2 Å².